The monoisotopic (exact) mass is 466 g/mol. The molecule has 4 rings (SSSR count). The Morgan fingerprint density at radius 3 is 2.70 bits per heavy atom. The predicted molar refractivity (Wildman–Crippen MR) is 127 cm³/mol. The molecule has 172 valence electrons. The van der Waals surface area contributed by atoms with Crippen LogP contribution in [0.2, 0.25) is 5.02 Å². The van der Waals surface area contributed by atoms with Crippen molar-refractivity contribution in [2.24, 2.45) is 0 Å². The number of ether oxygens (including phenoxy) is 1. The minimum atomic E-state index is -0.182. The Hall–Kier alpha value is -3.32. The third kappa shape index (κ3) is 5.54. The Bertz CT molecular complexity index is 1140. The maximum Gasteiger partial charge on any atom is 0.251 e. The number of imidazole rings is 1. The van der Waals surface area contributed by atoms with Gasteiger partial charge in [-0.3, -0.25) is 9.59 Å². The number of aryl methyl sites for hydroxylation is 1. The van der Waals surface area contributed by atoms with Crippen LogP contribution in [0.15, 0.2) is 55.0 Å². The molecule has 1 aromatic heterocycles. The summed E-state index contributed by atoms with van der Waals surface area (Å²) in [5.41, 5.74) is 3.14. The summed E-state index contributed by atoms with van der Waals surface area (Å²) in [6, 6.07) is 12.6. The second-order valence-corrected chi connectivity index (χ2v) is 8.70. The summed E-state index contributed by atoms with van der Waals surface area (Å²) in [5.74, 6) is 0.458. The fourth-order valence-electron chi connectivity index (χ4n) is 4.06. The van der Waals surface area contributed by atoms with Crippen molar-refractivity contribution in [3.63, 3.8) is 0 Å². The molecule has 0 bridgehead atoms. The fourth-order valence-corrected chi connectivity index (χ4v) is 4.19. The van der Waals surface area contributed by atoms with E-state index in [1.165, 1.54) is 0 Å². The van der Waals surface area contributed by atoms with Crippen LogP contribution in [0, 0.1) is 6.92 Å². The second kappa shape index (κ2) is 10.1. The number of benzene rings is 2. The SMILES string of the molecule is COc1cc(C(=O)NC2CCCN(C(=O)Cc3ccc(Cl)cc3)C2)ccc1-n1cnc(C)c1. The van der Waals surface area contributed by atoms with E-state index < -0.39 is 0 Å². The van der Waals surface area contributed by atoms with Crippen LogP contribution in [0.1, 0.15) is 34.5 Å². The molecule has 7 nitrogen and oxygen atoms in total. The largest absolute Gasteiger partial charge is 0.495 e. The summed E-state index contributed by atoms with van der Waals surface area (Å²) in [5, 5.41) is 3.73. The molecule has 1 fully saturated rings. The predicted octanol–water partition coefficient (Wildman–Crippen LogP) is 3.81. The minimum Gasteiger partial charge on any atom is -0.495 e. The number of hydrogen-bond donors (Lipinski definition) is 1. The maximum atomic E-state index is 12.9. The number of aromatic nitrogens is 2. The first-order valence-corrected chi connectivity index (χ1v) is 11.3. The van der Waals surface area contributed by atoms with Crippen molar-refractivity contribution >= 4 is 23.4 Å². The molecule has 8 heteroatoms. The van der Waals surface area contributed by atoms with Gasteiger partial charge in [-0.05, 0) is 55.7 Å². The molecule has 1 aliphatic rings. The molecule has 1 atom stereocenters. The van der Waals surface area contributed by atoms with Gasteiger partial charge >= 0.3 is 0 Å². The number of carbonyl (C=O) groups excluding carboxylic acids is 2. The lowest BCUT2D eigenvalue weighted by molar-refractivity contribution is -0.131. The van der Waals surface area contributed by atoms with Gasteiger partial charge in [0, 0.05) is 35.9 Å². The molecule has 0 aliphatic carbocycles. The quantitative estimate of drug-likeness (QED) is 0.599. The van der Waals surface area contributed by atoms with Crippen molar-refractivity contribution in [3.8, 4) is 11.4 Å². The molecule has 1 unspecified atom stereocenters. The zero-order valence-corrected chi connectivity index (χ0v) is 19.5. The third-order valence-corrected chi connectivity index (χ3v) is 6.06. The van der Waals surface area contributed by atoms with Crippen molar-refractivity contribution in [1.29, 1.82) is 0 Å². The number of methoxy groups -OCH3 is 1. The number of nitrogens with one attached hydrogen (secondary N) is 1. The molecule has 3 aromatic rings. The van der Waals surface area contributed by atoms with E-state index in [2.05, 4.69) is 10.3 Å². The number of rotatable bonds is 6. The van der Waals surface area contributed by atoms with E-state index in [1.807, 2.05) is 40.8 Å². The van der Waals surface area contributed by atoms with Crippen molar-refractivity contribution in [2.75, 3.05) is 20.2 Å². The number of amides is 2. The van der Waals surface area contributed by atoms with Crippen LogP contribution in [0.4, 0.5) is 0 Å². The molecule has 0 radical (unpaired) electrons. The van der Waals surface area contributed by atoms with Crippen molar-refractivity contribution in [1.82, 2.24) is 19.8 Å². The normalized spacial score (nSPS) is 15.8. The molecule has 1 saturated heterocycles. The molecule has 0 saturated carbocycles. The van der Waals surface area contributed by atoms with Gasteiger partial charge in [0.25, 0.3) is 5.91 Å². The van der Waals surface area contributed by atoms with Gasteiger partial charge in [0.15, 0.2) is 0 Å². The fraction of sp³-hybridized carbons (Fsp3) is 0.320. The van der Waals surface area contributed by atoms with Gasteiger partial charge in [-0.25, -0.2) is 4.98 Å². The molecule has 2 amide bonds. The van der Waals surface area contributed by atoms with E-state index in [0.717, 1.165) is 29.8 Å². The van der Waals surface area contributed by atoms with Crippen LogP contribution < -0.4 is 10.1 Å². The molecular weight excluding hydrogens is 440 g/mol. The van der Waals surface area contributed by atoms with Crippen molar-refractivity contribution in [2.45, 2.75) is 32.2 Å². The number of piperidine rings is 1. The van der Waals surface area contributed by atoms with E-state index in [9.17, 15) is 9.59 Å². The highest BCUT2D eigenvalue weighted by Crippen LogP contribution is 2.25. The lowest BCUT2D eigenvalue weighted by Gasteiger charge is -2.33. The molecule has 0 spiro atoms. The lowest BCUT2D eigenvalue weighted by atomic mass is 10.0. The number of nitrogens with zero attached hydrogens (tertiary/aromatic N) is 3. The summed E-state index contributed by atoms with van der Waals surface area (Å²) in [6.07, 6.45) is 5.61. The number of hydrogen-bond acceptors (Lipinski definition) is 4. The lowest BCUT2D eigenvalue weighted by Crippen LogP contribution is -2.50. The standard InChI is InChI=1S/C25H27ClN4O3/c1-17-14-30(16-27-17)22-10-7-19(13-23(22)33-2)25(32)28-21-4-3-11-29(15-21)24(31)12-18-5-8-20(26)9-6-18/h5-10,13-14,16,21H,3-4,11-12,15H2,1-2H3,(H,28,32). The van der Waals surface area contributed by atoms with Crippen molar-refractivity contribution in [3.05, 3.63) is 76.8 Å². The first kappa shape index (κ1) is 22.9. The number of carbonyl (C=O) groups is 2. The first-order chi connectivity index (χ1) is 15.9. The van der Waals surface area contributed by atoms with Gasteiger partial charge in [0.05, 0.1) is 31.2 Å². The summed E-state index contributed by atoms with van der Waals surface area (Å²) < 4.78 is 7.37. The molecule has 33 heavy (non-hydrogen) atoms. The summed E-state index contributed by atoms with van der Waals surface area (Å²) >= 11 is 5.93. The summed E-state index contributed by atoms with van der Waals surface area (Å²) in [4.78, 5) is 31.8. The molecule has 1 N–H and O–H groups in total. The van der Waals surface area contributed by atoms with E-state index in [4.69, 9.17) is 16.3 Å². The average Bonchev–Trinajstić information content (AvgIpc) is 3.26. The molecule has 2 aromatic carbocycles. The van der Waals surface area contributed by atoms with E-state index in [1.54, 1.807) is 37.7 Å². The average molecular weight is 467 g/mol. The Balaban J connectivity index is 1.39. The van der Waals surface area contributed by atoms with Gasteiger partial charge in [-0.2, -0.15) is 0 Å². The van der Waals surface area contributed by atoms with Crippen LogP contribution in [-0.4, -0.2) is 52.5 Å². The number of likely N-dealkylation sites (tertiary alicyclic amines) is 1. The van der Waals surface area contributed by atoms with Crippen LogP contribution in [0.3, 0.4) is 0 Å². The molecule has 2 heterocycles. The van der Waals surface area contributed by atoms with Gasteiger partial charge < -0.3 is 19.5 Å². The second-order valence-electron chi connectivity index (χ2n) is 8.26. The zero-order valence-electron chi connectivity index (χ0n) is 18.8. The van der Waals surface area contributed by atoms with Gasteiger partial charge in [0.2, 0.25) is 5.91 Å². The van der Waals surface area contributed by atoms with Crippen molar-refractivity contribution < 1.29 is 14.3 Å². The maximum absolute atomic E-state index is 12.9. The third-order valence-electron chi connectivity index (χ3n) is 5.81. The topological polar surface area (TPSA) is 76.5 Å². The molecule has 1 aliphatic heterocycles. The highest BCUT2D eigenvalue weighted by molar-refractivity contribution is 6.30. The van der Waals surface area contributed by atoms with Gasteiger partial charge in [-0.1, -0.05) is 23.7 Å². The smallest absolute Gasteiger partial charge is 0.251 e. The first-order valence-electron chi connectivity index (χ1n) is 10.9. The highest BCUT2D eigenvalue weighted by atomic mass is 35.5. The Morgan fingerprint density at radius 1 is 1.21 bits per heavy atom. The van der Waals surface area contributed by atoms with Crippen LogP contribution in [0.25, 0.3) is 5.69 Å². The van der Waals surface area contributed by atoms with Gasteiger partial charge in [-0.15, -0.1) is 0 Å². The minimum absolute atomic E-state index is 0.0536. The zero-order chi connectivity index (χ0) is 23.4. The van der Waals surface area contributed by atoms with E-state index in [0.29, 0.717) is 35.8 Å². The summed E-state index contributed by atoms with van der Waals surface area (Å²) in [7, 11) is 1.58. The number of halogens is 1. The Morgan fingerprint density at radius 2 is 2.00 bits per heavy atom. The summed E-state index contributed by atoms with van der Waals surface area (Å²) in [6.45, 7) is 3.12. The van der Waals surface area contributed by atoms with E-state index in [-0.39, 0.29) is 17.9 Å². The Kier molecular flexibility index (Phi) is 6.99. The highest BCUT2D eigenvalue weighted by Gasteiger charge is 2.25. The Labute approximate surface area is 198 Å². The van der Waals surface area contributed by atoms with E-state index >= 15 is 0 Å². The molecular formula is C25H27ClN4O3. The van der Waals surface area contributed by atoms with Gasteiger partial charge in [0.1, 0.15) is 5.75 Å². The van der Waals surface area contributed by atoms with Crippen LogP contribution in [0.5, 0.6) is 5.75 Å². The van der Waals surface area contributed by atoms with Crippen LogP contribution >= 0.6 is 11.6 Å². The van der Waals surface area contributed by atoms with Crippen LogP contribution in [-0.2, 0) is 11.2 Å².